The molecule has 0 amide bonds. The van der Waals surface area contributed by atoms with Crippen molar-refractivity contribution in [1.82, 2.24) is 10.2 Å². The Balaban J connectivity index is 0.00000576. The van der Waals surface area contributed by atoms with Gasteiger partial charge in [-0.1, -0.05) is 0 Å². The van der Waals surface area contributed by atoms with Gasteiger partial charge in [-0.3, -0.25) is 4.99 Å². The Morgan fingerprint density at radius 1 is 1.24 bits per heavy atom. The van der Waals surface area contributed by atoms with Crippen LogP contribution in [0.25, 0.3) is 0 Å². The molecule has 1 rings (SSSR count). The molecule has 7 heteroatoms. The van der Waals surface area contributed by atoms with Gasteiger partial charge in [-0.05, 0) is 50.3 Å². The number of ether oxygens (including phenoxy) is 2. The first kappa shape index (κ1) is 24.2. The molecule has 0 bridgehead atoms. The monoisotopic (exact) mass is 481 g/mol. The number of rotatable bonds is 7. The third-order valence-corrected chi connectivity index (χ3v) is 5.30. The molecule has 0 spiro atoms. The largest absolute Gasteiger partial charge is 0.493 e. The molecule has 1 N–H and O–H groups in total. The van der Waals surface area contributed by atoms with Gasteiger partial charge >= 0.3 is 0 Å². The zero-order chi connectivity index (χ0) is 18.3. The highest BCUT2D eigenvalue weighted by molar-refractivity contribution is 14.0. The van der Waals surface area contributed by atoms with Crippen LogP contribution in [0.2, 0.25) is 0 Å². The number of aliphatic imine (C=N–C) groups is 1. The van der Waals surface area contributed by atoms with Crippen LogP contribution in [0, 0.1) is 6.92 Å². The summed E-state index contributed by atoms with van der Waals surface area (Å²) < 4.78 is 10.9. The summed E-state index contributed by atoms with van der Waals surface area (Å²) in [5.74, 6) is 2.38. The first-order valence-corrected chi connectivity index (χ1v) is 9.19. The average Bonchev–Trinajstić information content (AvgIpc) is 2.56. The van der Waals surface area contributed by atoms with E-state index in [4.69, 9.17) is 9.47 Å². The maximum Gasteiger partial charge on any atom is 0.193 e. The molecule has 0 heterocycles. The Labute approximate surface area is 174 Å². The van der Waals surface area contributed by atoms with Gasteiger partial charge < -0.3 is 19.7 Å². The Hall–Kier alpha value is -0.830. The summed E-state index contributed by atoms with van der Waals surface area (Å²) in [5, 5.41) is 3.45. The molecule has 0 unspecified atom stereocenters. The van der Waals surface area contributed by atoms with E-state index >= 15 is 0 Å². The minimum Gasteiger partial charge on any atom is -0.493 e. The summed E-state index contributed by atoms with van der Waals surface area (Å²) >= 11 is 1.84. The number of guanidine groups is 1. The van der Waals surface area contributed by atoms with Crippen molar-refractivity contribution in [1.29, 1.82) is 0 Å². The molecule has 0 aliphatic rings. The van der Waals surface area contributed by atoms with Crippen LogP contribution in [-0.4, -0.2) is 56.7 Å². The second-order valence-corrected chi connectivity index (χ2v) is 7.87. The van der Waals surface area contributed by atoms with Crippen molar-refractivity contribution in [2.75, 3.05) is 41.1 Å². The number of nitrogens with zero attached hydrogens (tertiary/aromatic N) is 2. The van der Waals surface area contributed by atoms with Crippen LogP contribution in [-0.2, 0) is 6.54 Å². The van der Waals surface area contributed by atoms with Crippen LogP contribution in [0.15, 0.2) is 17.1 Å². The Morgan fingerprint density at radius 2 is 1.80 bits per heavy atom. The first-order valence-electron chi connectivity index (χ1n) is 7.96. The molecular weight excluding hydrogens is 449 g/mol. The Morgan fingerprint density at radius 3 is 2.28 bits per heavy atom. The lowest BCUT2D eigenvalue weighted by Gasteiger charge is -2.28. The highest BCUT2D eigenvalue weighted by Crippen LogP contribution is 2.30. The number of aryl methyl sites for hydroxylation is 1. The molecule has 144 valence electrons. The van der Waals surface area contributed by atoms with Gasteiger partial charge in [0.15, 0.2) is 17.5 Å². The van der Waals surface area contributed by atoms with E-state index in [9.17, 15) is 0 Å². The van der Waals surface area contributed by atoms with Crippen molar-refractivity contribution in [2.45, 2.75) is 32.1 Å². The quantitative estimate of drug-likeness (QED) is 0.365. The minimum absolute atomic E-state index is 0. The molecule has 0 atom stereocenters. The fourth-order valence-electron chi connectivity index (χ4n) is 2.27. The summed E-state index contributed by atoms with van der Waals surface area (Å²) in [6.45, 7) is 8.12. The molecule has 1 aromatic carbocycles. The van der Waals surface area contributed by atoms with Crippen LogP contribution in [0.1, 0.15) is 25.0 Å². The van der Waals surface area contributed by atoms with Crippen molar-refractivity contribution >= 4 is 41.7 Å². The Kier molecular flexibility index (Phi) is 10.6. The van der Waals surface area contributed by atoms with Gasteiger partial charge in [0, 0.05) is 31.9 Å². The lowest BCUT2D eigenvalue weighted by Crippen LogP contribution is -2.43. The number of methoxy groups -OCH3 is 2. The molecule has 0 fully saturated rings. The summed E-state index contributed by atoms with van der Waals surface area (Å²) in [5.41, 5.74) is 2.35. The van der Waals surface area contributed by atoms with Crippen molar-refractivity contribution in [3.8, 4) is 11.5 Å². The van der Waals surface area contributed by atoms with Crippen LogP contribution >= 0.6 is 35.7 Å². The standard InChI is InChI=1S/C18H31N3O2S.HI/c1-13-9-15(22-6)16(23-7)10-14(13)11-21(5)17(19-4)20-12-18(2,3)24-8;/h9-10H,11-12H2,1-8H3,(H,19,20);1H. The van der Waals surface area contributed by atoms with E-state index in [2.05, 4.69) is 42.2 Å². The topological polar surface area (TPSA) is 46.1 Å². The van der Waals surface area contributed by atoms with Gasteiger partial charge in [-0.25, -0.2) is 0 Å². The number of hydrogen-bond acceptors (Lipinski definition) is 4. The second kappa shape index (κ2) is 11.0. The number of halogens is 1. The van der Waals surface area contributed by atoms with E-state index in [0.29, 0.717) is 0 Å². The van der Waals surface area contributed by atoms with Crippen molar-refractivity contribution in [3.05, 3.63) is 23.3 Å². The van der Waals surface area contributed by atoms with Gasteiger partial charge in [0.05, 0.1) is 14.2 Å². The van der Waals surface area contributed by atoms with E-state index < -0.39 is 0 Å². The minimum atomic E-state index is 0. The average molecular weight is 481 g/mol. The number of thioether (sulfide) groups is 1. The first-order chi connectivity index (χ1) is 11.3. The third kappa shape index (κ3) is 7.13. The normalized spacial score (nSPS) is 11.6. The summed E-state index contributed by atoms with van der Waals surface area (Å²) in [6, 6.07) is 4.04. The molecule has 0 saturated carbocycles. The van der Waals surface area contributed by atoms with Gasteiger partial charge in [0.1, 0.15) is 0 Å². The van der Waals surface area contributed by atoms with E-state index in [1.165, 1.54) is 11.1 Å². The number of benzene rings is 1. The summed E-state index contributed by atoms with van der Waals surface area (Å²) in [4.78, 5) is 6.51. The lowest BCUT2D eigenvalue weighted by atomic mass is 10.1. The van der Waals surface area contributed by atoms with Crippen molar-refractivity contribution in [3.63, 3.8) is 0 Å². The van der Waals surface area contributed by atoms with E-state index in [0.717, 1.165) is 30.5 Å². The molecular formula is C18H32IN3O2S. The predicted molar refractivity (Wildman–Crippen MR) is 120 cm³/mol. The van der Waals surface area contributed by atoms with Crippen molar-refractivity contribution < 1.29 is 9.47 Å². The number of hydrogen-bond donors (Lipinski definition) is 1. The highest BCUT2D eigenvalue weighted by Gasteiger charge is 2.18. The molecule has 1 aromatic rings. The smallest absolute Gasteiger partial charge is 0.193 e. The maximum absolute atomic E-state index is 5.41. The molecule has 0 aliphatic carbocycles. The van der Waals surface area contributed by atoms with Crippen LogP contribution in [0.4, 0.5) is 0 Å². The molecule has 0 aliphatic heterocycles. The zero-order valence-corrected chi connectivity index (χ0v) is 19.7. The number of nitrogens with one attached hydrogen (secondary N) is 1. The van der Waals surface area contributed by atoms with E-state index in [1.54, 1.807) is 14.2 Å². The van der Waals surface area contributed by atoms with Crippen LogP contribution in [0.5, 0.6) is 11.5 Å². The van der Waals surface area contributed by atoms with Gasteiger partial charge in [0.2, 0.25) is 0 Å². The maximum atomic E-state index is 5.41. The van der Waals surface area contributed by atoms with Gasteiger partial charge in [-0.15, -0.1) is 24.0 Å². The molecule has 0 radical (unpaired) electrons. The molecule has 0 aromatic heterocycles. The Bertz CT molecular complexity index is 580. The highest BCUT2D eigenvalue weighted by atomic mass is 127. The summed E-state index contributed by atoms with van der Waals surface area (Å²) in [7, 11) is 7.16. The fourth-order valence-corrected chi connectivity index (χ4v) is 2.49. The molecule has 0 saturated heterocycles. The van der Waals surface area contributed by atoms with E-state index in [1.807, 2.05) is 38.0 Å². The van der Waals surface area contributed by atoms with Gasteiger partial charge in [-0.2, -0.15) is 11.8 Å². The second-order valence-electron chi connectivity index (χ2n) is 6.35. The SMILES string of the molecule is CN=C(NCC(C)(C)SC)N(C)Cc1cc(OC)c(OC)cc1C.I. The van der Waals surface area contributed by atoms with Crippen LogP contribution in [0.3, 0.4) is 0 Å². The summed E-state index contributed by atoms with van der Waals surface area (Å²) in [6.07, 6.45) is 2.13. The van der Waals surface area contributed by atoms with Crippen LogP contribution < -0.4 is 14.8 Å². The van der Waals surface area contributed by atoms with E-state index in [-0.39, 0.29) is 28.7 Å². The fraction of sp³-hybridized carbons (Fsp3) is 0.611. The molecule has 5 nitrogen and oxygen atoms in total. The van der Waals surface area contributed by atoms with Crippen molar-refractivity contribution in [2.24, 2.45) is 4.99 Å². The third-order valence-electron chi connectivity index (χ3n) is 4.05. The predicted octanol–water partition coefficient (Wildman–Crippen LogP) is 3.78. The molecule has 25 heavy (non-hydrogen) atoms. The van der Waals surface area contributed by atoms with Gasteiger partial charge in [0.25, 0.3) is 0 Å². The zero-order valence-electron chi connectivity index (χ0n) is 16.6. The lowest BCUT2D eigenvalue weighted by molar-refractivity contribution is 0.353.